The second-order valence-electron chi connectivity index (χ2n) is 3.59. The van der Waals surface area contributed by atoms with Gasteiger partial charge in [-0.25, -0.2) is 9.97 Å². The summed E-state index contributed by atoms with van der Waals surface area (Å²) in [4.78, 5) is 19.4. The number of anilines is 2. The van der Waals surface area contributed by atoms with Crippen molar-refractivity contribution in [2.24, 2.45) is 0 Å². The van der Waals surface area contributed by atoms with Crippen molar-refractivity contribution in [2.45, 2.75) is 0 Å². The molecule has 0 bridgehead atoms. The van der Waals surface area contributed by atoms with E-state index in [0.717, 1.165) is 0 Å². The number of nitrogens with one attached hydrogen (secondary N) is 1. The maximum atomic E-state index is 11.8. The van der Waals surface area contributed by atoms with E-state index in [2.05, 4.69) is 15.3 Å². The predicted octanol–water partition coefficient (Wildman–Crippen LogP) is 1.84. The van der Waals surface area contributed by atoms with Gasteiger partial charge in [0.05, 0.1) is 23.0 Å². The highest BCUT2D eigenvalue weighted by Gasteiger charge is 2.09. The minimum Gasteiger partial charge on any atom is -0.382 e. The van der Waals surface area contributed by atoms with E-state index in [0.29, 0.717) is 11.3 Å². The zero-order chi connectivity index (χ0) is 13.8. The van der Waals surface area contributed by atoms with Crippen molar-refractivity contribution < 1.29 is 4.79 Å². The summed E-state index contributed by atoms with van der Waals surface area (Å²) in [5, 5.41) is 11.6. The van der Waals surface area contributed by atoms with Crippen molar-refractivity contribution in [1.29, 1.82) is 5.26 Å². The zero-order valence-electron chi connectivity index (χ0n) is 9.59. The minimum absolute atomic E-state index is 0.134. The number of nitrogen functional groups attached to an aromatic ring is 1. The molecule has 0 aliphatic heterocycles. The van der Waals surface area contributed by atoms with Crippen LogP contribution in [-0.2, 0) is 0 Å². The highest BCUT2D eigenvalue weighted by atomic mass is 35.5. The third kappa shape index (κ3) is 2.97. The van der Waals surface area contributed by atoms with Crippen LogP contribution < -0.4 is 11.1 Å². The molecule has 6 nitrogen and oxygen atoms in total. The largest absolute Gasteiger partial charge is 0.382 e. The molecule has 0 saturated carbocycles. The summed E-state index contributed by atoms with van der Waals surface area (Å²) in [6, 6.07) is 6.52. The van der Waals surface area contributed by atoms with Crippen LogP contribution in [-0.4, -0.2) is 15.9 Å². The Hall–Kier alpha value is -2.65. The monoisotopic (exact) mass is 273 g/mol. The lowest BCUT2D eigenvalue weighted by Gasteiger charge is -2.05. The average molecular weight is 274 g/mol. The first-order valence-electron chi connectivity index (χ1n) is 5.18. The van der Waals surface area contributed by atoms with Gasteiger partial charge in [0.2, 0.25) is 0 Å². The molecule has 1 amide bonds. The molecular formula is C12H8ClN5O. The Morgan fingerprint density at radius 1 is 1.37 bits per heavy atom. The van der Waals surface area contributed by atoms with Crippen LogP contribution in [0.15, 0.2) is 30.6 Å². The summed E-state index contributed by atoms with van der Waals surface area (Å²) in [5.74, 6) is -0.203. The van der Waals surface area contributed by atoms with Crippen molar-refractivity contribution >= 4 is 29.0 Å². The van der Waals surface area contributed by atoms with Gasteiger partial charge in [-0.05, 0) is 18.2 Å². The summed E-state index contributed by atoms with van der Waals surface area (Å²) in [6.07, 6.45) is 2.57. The Balaban J connectivity index is 2.17. The Bertz CT molecular complexity index is 663. The van der Waals surface area contributed by atoms with Gasteiger partial charge in [0.15, 0.2) is 0 Å². The van der Waals surface area contributed by atoms with Gasteiger partial charge in [-0.15, -0.1) is 0 Å². The number of halogens is 1. The average Bonchev–Trinajstić information content (AvgIpc) is 2.39. The molecule has 19 heavy (non-hydrogen) atoms. The number of benzene rings is 1. The standard InChI is InChI=1S/C12H8ClN5O/c13-9-3-8(2-1-7(9)4-14)18-12(19)10-5-17-11(15)6-16-10/h1-3,5-6H,(H2,15,17)(H,18,19). The SMILES string of the molecule is N#Cc1ccc(NC(=O)c2cnc(N)cn2)cc1Cl. The lowest BCUT2D eigenvalue weighted by atomic mass is 10.2. The maximum absolute atomic E-state index is 11.8. The Kier molecular flexibility index (Phi) is 3.59. The van der Waals surface area contributed by atoms with Crippen LogP contribution in [0.2, 0.25) is 5.02 Å². The normalized spacial score (nSPS) is 9.68. The van der Waals surface area contributed by atoms with Gasteiger partial charge in [-0.3, -0.25) is 4.79 Å². The molecule has 7 heteroatoms. The maximum Gasteiger partial charge on any atom is 0.275 e. The smallest absolute Gasteiger partial charge is 0.275 e. The van der Waals surface area contributed by atoms with Gasteiger partial charge in [0, 0.05) is 5.69 Å². The number of nitriles is 1. The summed E-state index contributed by atoms with van der Waals surface area (Å²) in [7, 11) is 0. The van der Waals surface area contributed by atoms with Crippen molar-refractivity contribution in [3.05, 3.63) is 46.9 Å². The fourth-order valence-electron chi connectivity index (χ4n) is 1.33. The third-order valence-corrected chi connectivity index (χ3v) is 2.56. The van der Waals surface area contributed by atoms with Crippen LogP contribution in [0.1, 0.15) is 16.1 Å². The van der Waals surface area contributed by atoms with Crippen LogP contribution in [0.3, 0.4) is 0 Å². The van der Waals surface area contributed by atoms with Gasteiger partial charge < -0.3 is 11.1 Å². The topological polar surface area (TPSA) is 105 Å². The Morgan fingerprint density at radius 3 is 2.74 bits per heavy atom. The van der Waals surface area contributed by atoms with Gasteiger partial charge in [0.1, 0.15) is 17.6 Å². The molecule has 0 saturated heterocycles. The van der Waals surface area contributed by atoms with Gasteiger partial charge >= 0.3 is 0 Å². The summed E-state index contributed by atoms with van der Waals surface area (Å²) >= 11 is 5.86. The first-order valence-corrected chi connectivity index (χ1v) is 5.56. The molecular weight excluding hydrogens is 266 g/mol. The number of hydrogen-bond donors (Lipinski definition) is 2. The van der Waals surface area contributed by atoms with Crippen molar-refractivity contribution in [3.8, 4) is 6.07 Å². The molecule has 0 unspecified atom stereocenters. The lowest BCUT2D eigenvalue weighted by Crippen LogP contribution is -2.14. The quantitative estimate of drug-likeness (QED) is 0.868. The Morgan fingerprint density at radius 2 is 2.16 bits per heavy atom. The number of nitrogens with two attached hydrogens (primary N) is 1. The van der Waals surface area contributed by atoms with E-state index in [4.69, 9.17) is 22.6 Å². The highest BCUT2D eigenvalue weighted by molar-refractivity contribution is 6.32. The summed E-state index contributed by atoms with van der Waals surface area (Å²) in [5.41, 5.74) is 6.32. The fraction of sp³-hybridized carbons (Fsp3) is 0. The molecule has 2 rings (SSSR count). The second kappa shape index (κ2) is 5.33. The number of aromatic nitrogens is 2. The molecule has 0 aliphatic rings. The molecule has 0 spiro atoms. The molecule has 0 aliphatic carbocycles. The number of carbonyl (C=O) groups excluding carboxylic acids is 1. The second-order valence-corrected chi connectivity index (χ2v) is 3.99. The van der Waals surface area contributed by atoms with E-state index in [-0.39, 0.29) is 16.5 Å². The van der Waals surface area contributed by atoms with E-state index < -0.39 is 5.91 Å². The number of carbonyl (C=O) groups is 1. The number of hydrogen-bond acceptors (Lipinski definition) is 5. The molecule has 3 N–H and O–H groups in total. The first kappa shape index (κ1) is 12.8. The van der Waals surface area contributed by atoms with Crippen molar-refractivity contribution in [2.75, 3.05) is 11.1 Å². The summed E-state index contributed by atoms with van der Waals surface area (Å²) in [6.45, 7) is 0. The van der Waals surface area contributed by atoms with E-state index in [1.165, 1.54) is 24.5 Å². The van der Waals surface area contributed by atoms with E-state index >= 15 is 0 Å². The van der Waals surface area contributed by atoms with Crippen molar-refractivity contribution in [3.63, 3.8) is 0 Å². The van der Waals surface area contributed by atoms with Gasteiger partial charge in [-0.2, -0.15) is 5.26 Å². The fourth-order valence-corrected chi connectivity index (χ4v) is 1.56. The summed E-state index contributed by atoms with van der Waals surface area (Å²) < 4.78 is 0. The van der Waals surface area contributed by atoms with Crippen LogP contribution in [0.5, 0.6) is 0 Å². The van der Waals surface area contributed by atoms with E-state index in [1.807, 2.05) is 6.07 Å². The zero-order valence-corrected chi connectivity index (χ0v) is 10.3. The molecule has 1 heterocycles. The molecule has 94 valence electrons. The van der Waals surface area contributed by atoms with E-state index in [9.17, 15) is 4.79 Å². The van der Waals surface area contributed by atoms with Gasteiger partial charge in [-0.1, -0.05) is 11.6 Å². The Labute approximate surface area is 113 Å². The highest BCUT2D eigenvalue weighted by Crippen LogP contribution is 2.20. The first-order chi connectivity index (χ1) is 9.10. The lowest BCUT2D eigenvalue weighted by molar-refractivity contribution is 0.102. The number of rotatable bonds is 2. The van der Waals surface area contributed by atoms with Crippen LogP contribution in [0.25, 0.3) is 0 Å². The number of nitrogens with zero attached hydrogens (tertiary/aromatic N) is 3. The molecule has 1 aromatic carbocycles. The van der Waals surface area contributed by atoms with Gasteiger partial charge in [0.25, 0.3) is 5.91 Å². The molecule has 2 aromatic rings. The predicted molar refractivity (Wildman–Crippen MR) is 70.6 cm³/mol. The van der Waals surface area contributed by atoms with Crippen molar-refractivity contribution in [1.82, 2.24) is 9.97 Å². The van der Waals surface area contributed by atoms with Crippen LogP contribution in [0.4, 0.5) is 11.5 Å². The third-order valence-electron chi connectivity index (χ3n) is 2.25. The molecule has 0 fully saturated rings. The number of amides is 1. The minimum atomic E-state index is -0.437. The van der Waals surface area contributed by atoms with E-state index in [1.54, 1.807) is 6.07 Å². The molecule has 0 radical (unpaired) electrons. The molecule has 0 atom stereocenters. The molecule has 1 aromatic heterocycles. The van der Waals surface area contributed by atoms with Crippen LogP contribution >= 0.6 is 11.6 Å². The van der Waals surface area contributed by atoms with Crippen LogP contribution in [0, 0.1) is 11.3 Å².